The number of hydrogen-bond acceptors (Lipinski definition) is 2. The fourth-order valence-electron chi connectivity index (χ4n) is 2.67. The van der Waals surface area contributed by atoms with Gasteiger partial charge in [-0.25, -0.2) is 4.98 Å². The first kappa shape index (κ1) is 24.4. The number of aliphatic carboxylic acids is 1. The van der Waals surface area contributed by atoms with Gasteiger partial charge in [-0.2, -0.15) is 0 Å². The first-order chi connectivity index (χ1) is 12.7. The molecular formula is C22H40N2O2. The minimum atomic E-state index is -0.664. The quantitative estimate of drug-likeness (QED) is 0.284. The van der Waals surface area contributed by atoms with Crippen molar-refractivity contribution in [2.24, 2.45) is 7.05 Å². The van der Waals surface area contributed by atoms with E-state index in [1.54, 1.807) is 12.5 Å². The zero-order valence-corrected chi connectivity index (χ0v) is 17.0. The van der Waals surface area contributed by atoms with Crippen molar-refractivity contribution in [2.45, 2.75) is 96.8 Å². The molecule has 0 bridgehead atoms. The van der Waals surface area contributed by atoms with Crippen molar-refractivity contribution in [3.63, 3.8) is 0 Å². The second kappa shape index (κ2) is 19.7. The highest BCUT2D eigenvalue weighted by Crippen LogP contribution is 2.09. The van der Waals surface area contributed by atoms with Gasteiger partial charge in [-0.05, 0) is 32.1 Å². The number of rotatable bonds is 15. The number of aryl methyl sites for hydroxylation is 1. The highest BCUT2D eigenvalue weighted by atomic mass is 16.4. The van der Waals surface area contributed by atoms with Crippen molar-refractivity contribution in [3.05, 3.63) is 30.9 Å². The Morgan fingerprint density at radius 1 is 0.923 bits per heavy atom. The molecule has 26 heavy (non-hydrogen) atoms. The molecule has 1 rings (SSSR count). The molecule has 0 aliphatic heterocycles. The van der Waals surface area contributed by atoms with E-state index in [1.165, 1.54) is 70.6 Å². The average Bonchev–Trinajstić information content (AvgIpc) is 3.09. The van der Waals surface area contributed by atoms with Crippen LogP contribution in [0.4, 0.5) is 0 Å². The molecule has 4 nitrogen and oxygen atoms in total. The summed E-state index contributed by atoms with van der Waals surface area (Å²) < 4.78 is 1.89. The number of nitrogens with zero attached hydrogens (tertiary/aromatic N) is 2. The van der Waals surface area contributed by atoms with Gasteiger partial charge in [0.15, 0.2) is 0 Å². The Morgan fingerprint density at radius 2 is 1.46 bits per heavy atom. The van der Waals surface area contributed by atoms with Crippen molar-refractivity contribution in [2.75, 3.05) is 0 Å². The van der Waals surface area contributed by atoms with Crippen LogP contribution in [-0.2, 0) is 11.8 Å². The summed E-state index contributed by atoms with van der Waals surface area (Å²) in [6.45, 7) is 2.26. The second-order valence-electron chi connectivity index (χ2n) is 6.96. The Bertz CT molecular complexity index is 427. The number of unbranched alkanes of at least 4 members (excludes halogenated alkanes) is 11. The maximum absolute atomic E-state index is 10.3. The highest BCUT2D eigenvalue weighted by molar-refractivity contribution is 5.66. The summed E-state index contributed by atoms with van der Waals surface area (Å²) in [4.78, 5) is 14.1. The SMILES string of the molecule is CCCCCCCC/C=C\CCCCCCCC(=O)O.Cn1ccnc1. The number of carboxylic acids is 1. The van der Waals surface area contributed by atoms with Gasteiger partial charge in [-0.1, -0.05) is 70.4 Å². The van der Waals surface area contributed by atoms with Crippen LogP contribution in [0.25, 0.3) is 0 Å². The number of aromatic nitrogens is 2. The zero-order valence-electron chi connectivity index (χ0n) is 17.0. The maximum atomic E-state index is 10.3. The number of imidazole rings is 1. The second-order valence-corrected chi connectivity index (χ2v) is 6.96. The predicted octanol–water partition coefficient (Wildman–Crippen LogP) is 6.53. The number of hydrogen-bond donors (Lipinski definition) is 1. The Kier molecular flexibility index (Phi) is 18.5. The van der Waals surface area contributed by atoms with Crippen molar-refractivity contribution in [3.8, 4) is 0 Å². The normalized spacial score (nSPS) is 10.7. The smallest absolute Gasteiger partial charge is 0.303 e. The maximum Gasteiger partial charge on any atom is 0.303 e. The summed E-state index contributed by atoms with van der Waals surface area (Å²) in [6.07, 6.45) is 26.6. The molecule has 0 aromatic carbocycles. The standard InChI is InChI=1S/C18H34O2.C4H6N2/c1-2-3-4-5-6-7-8-9-10-11-12-13-14-15-16-17-18(19)20;1-6-3-2-5-4-6/h9-10H,2-8,11-17H2,1H3,(H,19,20);2-4H,1H3/b10-9-;. The van der Waals surface area contributed by atoms with Crippen LogP contribution >= 0.6 is 0 Å². The van der Waals surface area contributed by atoms with Gasteiger partial charge in [0.25, 0.3) is 0 Å². The molecule has 1 aromatic rings. The van der Waals surface area contributed by atoms with E-state index < -0.39 is 5.97 Å². The lowest BCUT2D eigenvalue weighted by molar-refractivity contribution is -0.137. The summed E-state index contributed by atoms with van der Waals surface area (Å²) in [5.41, 5.74) is 0. The molecule has 0 amide bonds. The topological polar surface area (TPSA) is 55.1 Å². The Balaban J connectivity index is 0.000000867. The van der Waals surface area contributed by atoms with Gasteiger partial charge in [-0.15, -0.1) is 0 Å². The lowest BCUT2D eigenvalue weighted by Gasteiger charge is -1.99. The van der Waals surface area contributed by atoms with Gasteiger partial charge >= 0.3 is 5.97 Å². The third kappa shape index (κ3) is 20.5. The van der Waals surface area contributed by atoms with E-state index in [0.717, 1.165) is 12.8 Å². The summed E-state index contributed by atoms with van der Waals surface area (Å²) >= 11 is 0. The molecule has 0 fully saturated rings. The highest BCUT2D eigenvalue weighted by Gasteiger charge is 1.95. The molecule has 0 aliphatic carbocycles. The van der Waals surface area contributed by atoms with Gasteiger partial charge in [0.05, 0.1) is 6.33 Å². The van der Waals surface area contributed by atoms with Crippen LogP contribution in [0.2, 0.25) is 0 Å². The van der Waals surface area contributed by atoms with E-state index >= 15 is 0 Å². The van der Waals surface area contributed by atoms with E-state index in [9.17, 15) is 4.79 Å². The van der Waals surface area contributed by atoms with Crippen LogP contribution in [0, 0.1) is 0 Å². The molecule has 150 valence electrons. The largest absolute Gasteiger partial charge is 0.481 e. The molecule has 0 atom stereocenters. The molecule has 0 spiro atoms. The minimum absolute atomic E-state index is 0.332. The Morgan fingerprint density at radius 3 is 1.88 bits per heavy atom. The van der Waals surface area contributed by atoms with E-state index in [1.807, 2.05) is 17.8 Å². The van der Waals surface area contributed by atoms with Gasteiger partial charge < -0.3 is 9.67 Å². The number of carboxylic acid groups (broad SMARTS) is 1. The summed E-state index contributed by atoms with van der Waals surface area (Å²) in [6, 6.07) is 0. The molecule has 0 radical (unpaired) electrons. The molecule has 1 aromatic heterocycles. The van der Waals surface area contributed by atoms with Gasteiger partial charge in [0.2, 0.25) is 0 Å². The third-order valence-electron chi connectivity index (χ3n) is 4.29. The third-order valence-corrected chi connectivity index (χ3v) is 4.29. The van der Waals surface area contributed by atoms with E-state index in [4.69, 9.17) is 5.11 Å². The van der Waals surface area contributed by atoms with Gasteiger partial charge in [0, 0.05) is 25.9 Å². The minimum Gasteiger partial charge on any atom is -0.481 e. The van der Waals surface area contributed by atoms with Crippen LogP contribution in [0.3, 0.4) is 0 Å². The molecule has 4 heteroatoms. The zero-order chi connectivity index (χ0) is 19.3. The molecule has 1 heterocycles. The van der Waals surface area contributed by atoms with Crippen LogP contribution < -0.4 is 0 Å². The van der Waals surface area contributed by atoms with E-state index in [0.29, 0.717) is 6.42 Å². The average molecular weight is 365 g/mol. The Hall–Kier alpha value is -1.58. The molecule has 0 saturated heterocycles. The van der Waals surface area contributed by atoms with Gasteiger partial charge in [0.1, 0.15) is 0 Å². The lowest BCUT2D eigenvalue weighted by atomic mass is 10.1. The lowest BCUT2D eigenvalue weighted by Crippen LogP contribution is -1.93. The molecule has 0 unspecified atom stereocenters. The summed E-state index contributed by atoms with van der Waals surface area (Å²) in [5.74, 6) is -0.664. The fourth-order valence-corrected chi connectivity index (χ4v) is 2.67. The predicted molar refractivity (Wildman–Crippen MR) is 110 cm³/mol. The van der Waals surface area contributed by atoms with Crippen LogP contribution in [0.15, 0.2) is 30.9 Å². The summed E-state index contributed by atoms with van der Waals surface area (Å²) in [5, 5.41) is 8.51. The van der Waals surface area contributed by atoms with E-state index in [-0.39, 0.29) is 0 Å². The van der Waals surface area contributed by atoms with Crippen molar-refractivity contribution >= 4 is 5.97 Å². The van der Waals surface area contributed by atoms with Crippen LogP contribution in [0.1, 0.15) is 96.8 Å². The monoisotopic (exact) mass is 364 g/mol. The van der Waals surface area contributed by atoms with Crippen molar-refractivity contribution in [1.82, 2.24) is 9.55 Å². The first-order valence-electron chi connectivity index (χ1n) is 10.5. The van der Waals surface area contributed by atoms with Crippen LogP contribution in [0.5, 0.6) is 0 Å². The fraction of sp³-hybridized carbons (Fsp3) is 0.727. The van der Waals surface area contributed by atoms with Crippen LogP contribution in [-0.4, -0.2) is 20.6 Å². The molecule has 0 aliphatic rings. The molecule has 0 saturated carbocycles. The van der Waals surface area contributed by atoms with E-state index in [2.05, 4.69) is 24.1 Å². The van der Waals surface area contributed by atoms with Crippen molar-refractivity contribution < 1.29 is 9.90 Å². The molecular weight excluding hydrogens is 324 g/mol. The first-order valence-corrected chi connectivity index (χ1v) is 10.5. The number of allylic oxidation sites excluding steroid dienone is 2. The number of carbonyl (C=O) groups is 1. The Labute approximate surface area is 160 Å². The summed E-state index contributed by atoms with van der Waals surface area (Å²) in [7, 11) is 1.94. The van der Waals surface area contributed by atoms with Crippen molar-refractivity contribution in [1.29, 1.82) is 0 Å². The van der Waals surface area contributed by atoms with Gasteiger partial charge in [-0.3, -0.25) is 4.79 Å². The molecule has 1 N–H and O–H groups in total.